The van der Waals surface area contributed by atoms with Crippen molar-refractivity contribution < 1.29 is 9.53 Å². The molecular formula is C20H24N2O2. The van der Waals surface area contributed by atoms with Crippen molar-refractivity contribution in [2.45, 2.75) is 26.3 Å². The quantitative estimate of drug-likeness (QED) is 0.941. The van der Waals surface area contributed by atoms with Gasteiger partial charge in [-0.15, -0.1) is 0 Å². The van der Waals surface area contributed by atoms with E-state index in [1.165, 1.54) is 11.1 Å². The molecule has 1 aliphatic heterocycles. The number of fused-ring (bicyclic) bond motifs is 1. The Balaban J connectivity index is 1.81. The number of ether oxygens (including phenoxy) is 1. The van der Waals surface area contributed by atoms with Crippen LogP contribution in [0.3, 0.4) is 0 Å². The van der Waals surface area contributed by atoms with Gasteiger partial charge in [-0.25, -0.2) is 0 Å². The summed E-state index contributed by atoms with van der Waals surface area (Å²) in [7, 11) is 0. The molecule has 3 rings (SSSR count). The summed E-state index contributed by atoms with van der Waals surface area (Å²) in [4.78, 5) is 14.9. The number of nitrogens with zero attached hydrogens (tertiary/aromatic N) is 1. The van der Waals surface area contributed by atoms with Crippen LogP contribution in [0.5, 0.6) is 5.75 Å². The van der Waals surface area contributed by atoms with Crippen LogP contribution in [-0.4, -0.2) is 30.5 Å². The smallest absolute Gasteiger partial charge is 0.254 e. The molecule has 4 heteroatoms. The minimum atomic E-state index is 0.0595. The first-order chi connectivity index (χ1) is 11.7. The standard InChI is InChI=1S/C20H24N2O2/c1-15-8-9-17(13-19(15)24-12-10-21)20(23)22-11-4-7-16-5-2-3-6-18(16)14-22/h2-3,5-6,8-9,13H,4,7,10-12,14,21H2,1H3. The van der Waals surface area contributed by atoms with E-state index in [1.807, 2.05) is 36.1 Å². The topological polar surface area (TPSA) is 55.6 Å². The molecule has 2 aromatic carbocycles. The number of nitrogens with two attached hydrogens (primary N) is 1. The highest BCUT2D eigenvalue weighted by atomic mass is 16.5. The van der Waals surface area contributed by atoms with Crippen LogP contribution in [0.25, 0.3) is 0 Å². The van der Waals surface area contributed by atoms with Gasteiger partial charge >= 0.3 is 0 Å². The van der Waals surface area contributed by atoms with Crippen molar-refractivity contribution in [1.82, 2.24) is 4.90 Å². The fourth-order valence-electron chi connectivity index (χ4n) is 3.11. The lowest BCUT2D eigenvalue weighted by atomic mass is 10.0. The lowest BCUT2D eigenvalue weighted by molar-refractivity contribution is 0.0745. The SMILES string of the molecule is Cc1ccc(C(=O)N2CCCc3ccccc3C2)cc1OCCN. The van der Waals surface area contributed by atoms with Crippen molar-refractivity contribution in [1.29, 1.82) is 0 Å². The van der Waals surface area contributed by atoms with Crippen molar-refractivity contribution in [2.24, 2.45) is 5.73 Å². The summed E-state index contributed by atoms with van der Waals surface area (Å²) < 4.78 is 5.65. The lowest BCUT2D eigenvalue weighted by Crippen LogP contribution is -2.30. The molecule has 1 aliphatic rings. The number of rotatable bonds is 4. The molecule has 2 N–H and O–H groups in total. The molecule has 1 amide bonds. The highest BCUT2D eigenvalue weighted by Crippen LogP contribution is 2.23. The van der Waals surface area contributed by atoms with Crippen molar-refractivity contribution in [3.8, 4) is 5.75 Å². The van der Waals surface area contributed by atoms with Crippen molar-refractivity contribution in [2.75, 3.05) is 19.7 Å². The summed E-state index contributed by atoms with van der Waals surface area (Å²) >= 11 is 0. The molecule has 1 heterocycles. The largest absolute Gasteiger partial charge is 0.492 e. The molecule has 0 saturated heterocycles. The van der Waals surface area contributed by atoms with E-state index in [0.717, 1.165) is 30.7 Å². The first kappa shape index (κ1) is 16.5. The van der Waals surface area contributed by atoms with Crippen molar-refractivity contribution in [3.63, 3.8) is 0 Å². The molecule has 0 radical (unpaired) electrons. The van der Waals surface area contributed by atoms with E-state index >= 15 is 0 Å². The summed E-state index contributed by atoms with van der Waals surface area (Å²) in [6.45, 7) is 4.33. The van der Waals surface area contributed by atoms with Gasteiger partial charge < -0.3 is 15.4 Å². The Kier molecular flexibility index (Phi) is 5.16. The van der Waals surface area contributed by atoms with Crippen LogP contribution in [0.2, 0.25) is 0 Å². The van der Waals surface area contributed by atoms with Crippen LogP contribution >= 0.6 is 0 Å². The van der Waals surface area contributed by atoms with Crippen LogP contribution in [-0.2, 0) is 13.0 Å². The monoisotopic (exact) mass is 324 g/mol. The van der Waals surface area contributed by atoms with Gasteiger partial charge in [0.25, 0.3) is 5.91 Å². The first-order valence-electron chi connectivity index (χ1n) is 8.48. The van der Waals surface area contributed by atoms with E-state index in [0.29, 0.717) is 25.3 Å². The van der Waals surface area contributed by atoms with Crippen LogP contribution in [0.15, 0.2) is 42.5 Å². The van der Waals surface area contributed by atoms with E-state index in [-0.39, 0.29) is 5.91 Å². The van der Waals surface area contributed by atoms with Crippen LogP contribution in [0, 0.1) is 6.92 Å². The maximum absolute atomic E-state index is 12.9. The van der Waals surface area contributed by atoms with E-state index < -0.39 is 0 Å². The number of benzene rings is 2. The average Bonchev–Trinajstić information content (AvgIpc) is 2.83. The summed E-state index contributed by atoms with van der Waals surface area (Å²) in [5.74, 6) is 0.797. The molecule has 0 aliphatic carbocycles. The summed E-state index contributed by atoms with van der Waals surface area (Å²) in [5, 5.41) is 0. The second-order valence-corrected chi connectivity index (χ2v) is 6.22. The van der Waals surface area contributed by atoms with Gasteiger partial charge in [0.2, 0.25) is 0 Å². The molecule has 0 bridgehead atoms. The highest BCUT2D eigenvalue weighted by Gasteiger charge is 2.20. The number of hydrogen-bond donors (Lipinski definition) is 1. The number of amides is 1. The molecule has 0 fully saturated rings. The highest BCUT2D eigenvalue weighted by molar-refractivity contribution is 5.94. The fraction of sp³-hybridized carbons (Fsp3) is 0.350. The fourth-order valence-corrected chi connectivity index (χ4v) is 3.11. The van der Waals surface area contributed by atoms with Crippen LogP contribution in [0.4, 0.5) is 0 Å². The van der Waals surface area contributed by atoms with E-state index in [1.54, 1.807) is 0 Å². The molecule has 0 aromatic heterocycles. The Hall–Kier alpha value is -2.33. The van der Waals surface area contributed by atoms with Gasteiger partial charge in [-0.3, -0.25) is 4.79 Å². The average molecular weight is 324 g/mol. The summed E-state index contributed by atoms with van der Waals surface area (Å²) in [6, 6.07) is 14.0. The number of aryl methyl sites for hydroxylation is 2. The van der Waals surface area contributed by atoms with Gasteiger partial charge in [-0.1, -0.05) is 30.3 Å². The molecule has 4 nitrogen and oxygen atoms in total. The van der Waals surface area contributed by atoms with Gasteiger partial charge in [0, 0.05) is 25.2 Å². The third kappa shape index (κ3) is 3.60. The third-order valence-electron chi connectivity index (χ3n) is 4.45. The van der Waals surface area contributed by atoms with Gasteiger partial charge in [0.1, 0.15) is 12.4 Å². The van der Waals surface area contributed by atoms with E-state index in [2.05, 4.69) is 18.2 Å². The molecule has 0 atom stereocenters. The van der Waals surface area contributed by atoms with Gasteiger partial charge in [-0.2, -0.15) is 0 Å². The zero-order chi connectivity index (χ0) is 16.9. The van der Waals surface area contributed by atoms with Gasteiger partial charge in [0.15, 0.2) is 0 Å². The second-order valence-electron chi connectivity index (χ2n) is 6.22. The molecule has 0 spiro atoms. The summed E-state index contributed by atoms with van der Waals surface area (Å²) in [6.07, 6.45) is 2.02. The normalized spacial score (nSPS) is 14.0. The molecule has 0 saturated carbocycles. The number of hydrogen-bond acceptors (Lipinski definition) is 3. The lowest BCUT2D eigenvalue weighted by Gasteiger charge is -2.21. The Labute approximate surface area is 143 Å². The Morgan fingerprint density at radius 3 is 2.79 bits per heavy atom. The Morgan fingerprint density at radius 2 is 2.00 bits per heavy atom. The third-order valence-corrected chi connectivity index (χ3v) is 4.45. The van der Waals surface area contributed by atoms with Gasteiger partial charge in [-0.05, 0) is 48.6 Å². The minimum absolute atomic E-state index is 0.0595. The zero-order valence-corrected chi connectivity index (χ0v) is 14.1. The zero-order valence-electron chi connectivity index (χ0n) is 14.1. The Morgan fingerprint density at radius 1 is 1.21 bits per heavy atom. The molecule has 2 aromatic rings. The molecule has 0 unspecified atom stereocenters. The maximum Gasteiger partial charge on any atom is 0.254 e. The van der Waals surface area contributed by atoms with Gasteiger partial charge in [0.05, 0.1) is 0 Å². The minimum Gasteiger partial charge on any atom is -0.492 e. The van der Waals surface area contributed by atoms with Crippen molar-refractivity contribution >= 4 is 5.91 Å². The predicted octanol–water partition coefficient (Wildman–Crippen LogP) is 2.92. The van der Waals surface area contributed by atoms with E-state index in [9.17, 15) is 4.79 Å². The number of carbonyl (C=O) groups is 1. The molecule has 24 heavy (non-hydrogen) atoms. The first-order valence-corrected chi connectivity index (χ1v) is 8.48. The Bertz CT molecular complexity index is 727. The molecule has 126 valence electrons. The second kappa shape index (κ2) is 7.49. The van der Waals surface area contributed by atoms with Crippen LogP contribution in [0.1, 0.15) is 33.5 Å². The summed E-state index contributed by atoms with van der Waals surface area (Å²) in [5.41, 5.74) is 9.79. The molecular weight excluding hydrogens is 300 g/mol. The predicted molar refractivity (Wildman–Crippen MR) is 95.2 cm³/mol. The van der Waals surface area contributed by atoms with E-state index in [4.69, 9.17) is 10.5 Å². The number of carbonyl (C=O) groups excluding carboxylic acids is 1. The van der Waals surface area contributed by atoms with Crippen molar-refractivity contribution in [3.05, 3.63) is 64.7 Å². The van der Waals surface area contributed by atoms with Crippen LogP contribution < -0.4 is 10.5 Å². The maximum atomic E-state index is 12.9.